The van der Waals surface area contributed by atoms with Crippen LogP contribution in [0.2, 0.25) is 0 Å². The van der Waals surface area contributed by atoms with Gasteiger partial charge < -0.3 is 19.9 Å². The van der Waals surface area contributed by atoms with Gasteiger partial charge in [-0.3, -0.25) is 4.79 Å². The Labute approximate surface area is 87.5 Å². The third-order valence-electron chi connectivity index (χ3n) is 2.05. The Balaban J connectivity index is 2.09. The number of ether oxygens (including phenoxy) is 2. The van der Waals surface area contributed by atoms with Crippen LogP contribution in [0.5, 0.6) is 0 Å². The van der Waals surface area contributed by atoms with E-state index in [0.29, 0.717) is 13.2 Å². The topological polar surface area (TPSA) is 84.9 Å². The summed E-state index contributed by atoms with van der Waals surface area (Å²) in [6.07, 6.45) is 1.59. The van der Waals surface area contributed by atoms with E-state index < -0.39 is 12.6 Å². The summed E-state index contributed by atoms with van der Waals surface area (Å²) >= 11 is 0. The Morgan fingerprint density at radius 3 is 2.60 bits per heavy atom. The van der Waals surface area contributed by atoms with Crippen LogP contribution in [0.15, 0.2) is 0 Å². The summed E-state index contributed by atoms with van der Waals surface area (Å²) in [5, 5.41) is 11.0. The van der Waals surface area contributed by atoms with Crippen molar-refractivity contribution in [2.75, 3.05) is 26.4 Å². The molecule has 0 spiro atoms. The number of carbonyl (C=O) groups excluding carboxylic acids is 1. The summed E-state index contributed by atoms with van der Waals surface area (Å²) in [6, 6.07) is 0.125. The van der Waals surface area contributed by atoms with E-state index in [9.17, 15) is 9.59 Å². The SMILES string of the molecule is O=C(O)COCC(=O)NC1CCOCC1. The second-order valence-electron chi connectivity index (χ2n) is 3.34. The molecule has 1 amide bonds. The first-order valence-electron chi connectivity index (χ1n) is 4.85. The lowest BCUT2D eigenvalue weighted by atomic mass is 10.1. The normalized spacial score (nSPS) is 17.3. The van der Waals surface area contributed by atoms with Crippen LogP contribution in [0.3, 0.4) is 0 Å². The van der Waals surface area contributed by atoms with Crippen molar-refractivity contribution in [2.45, 2.75) is 18.9 Å². The summed E-state index contributed by atoms with van der Waals surface area (Å²) in [5.41, 5.74) is 0. The van der Waals surface area contributed by atoms with Gasteiger partial charge in [0.2, 0.25) is 5.91 Å². The maximum absolute atomic E-state index is 11.2. The average Bonchev–Trinajstić information content (AvgIpc) is 2.18. The number of hydrogen-bond donors (Lipinski definition) is 2. The fraction of sp³-hybridized carbons (Fsp3) is 0.778. The van der Waals surface area contributed by atoms with Crippen LogP contribution in [0.4, 0.5) is 0 Å². The molecule has 1 aliphatic heterocycles. The van der Waals surface area contributed by atoms with Crippen molar-refractivity contribution in [1.82, 2.24) is 5.32 Å². The highest BCUT2D eigenvalue weighted by Crippen LogP contribution is 2.05. The van der Waals surface area contributed by atoms with Crippen LogP contribution < -0.4 is 5.32 Å². The first-order valence-corrected chi connectivity index (χ1v) is 4.85. The zero-order valence-electron chi connectivity index (χ0n) is 8.40. The van der Waals surface area contributed by atoms with Gasteiger partial charge in [-0.05, 0) is 12.8 Å². The molecule has 6 nitrogen and oxygen atoms in total. The summed E-state index contributed by atoms with van der Waals surface area (Å²) in [5.74, 6) is -1.35. The third kappa shape index (κ3) is 5.34. The molecule has 15 heavy (non-hydrogen) atoms. The van der Waals surface area contributed by atoms with Gasteiger partial charge in [0, 0.05) is 19.3 Å². The van der Waals surface area contributed by atoms with E-state index in [1.54, 1.807) is 0 Å². The minimum atomic E-state index is -1.08. The molecule has 1 fully saturated rings. The standard InChI is InChI=1S/C9H15NO5/c11-8(5-15-6-9(12)13)10-7-1-3-14-4-2-7/h7H,1-6H2,(H,10,11)(H,12,13). The van der Waals surface area contributed by atoms with Crippen molar-refractivity contribution in [2.24, 2.45) is 0 Å². The number of amides is 1. The molecule has 0 atom stereocenters. The molecule has 2 N–H and O–H groups in total. The largest absolute Gasteiger partial charge is 0.480 e. The number of aliphatic carboxylic acids is 1. The monoisotopic (exact) mass is 217 g/mol. The fourth-order valence-electron chi connectivity index (χ4n) is 1.34. The van der Waals surface area contributed by atoms with Crippen LogP contribution in [-0.2, 0) is 19.1 Å². The molecule has 0 aromatic heterocycles. The molecule has 0 aromatic rings. The maximum atomic E-state index is 11.2. The predicted molar refractivity (Wildman–Crippen MR) is 50.4 cm³/mol. The molecule has 6 heteroatoms. The molecule has 1 aliphatic rings. The zero-order valence-corrected chi connectivity index (χ0v) is 8.40. The maximum Gasteiger partial charge on any atom is 0.329 e. The minimum absolute atomic E-state index is 0.125. The zero-order chi connectivity index (χ0) is 11.1. The first-order chi connectivity index (χ1) is 7.18. The molecule has 1 heterocycles. The molecule has 0 bridgehead atoms. The molecule has 86 valence electrons. The third-order valence-corrected chi connectivity index (χ3v) is 2.05. The summed E-state index contributed by atoms with van der Waals surface area (Å²) in [7, 11) is 0. The van der Waals surface area contributed by atoms with E-state index >= 15 is 0 Å². The van der Waals surface area contributed by atoms with Crippen LogP contribution in [-0.4, -0.2) is 49.5 Å². The van der Waals surface area contributed by atoms with E-state index in [1.165, 1.54) is 0 Å². The van der Waals surface area contributed by atoms with Gasteiger partial charge in [-0.1, -0.05) is 0 Å². The van der Waals surface area contributed by atoms with Crippen molar-refractivity contribution in [3.05, 3.63) is 0 Å². The van der Waals surface area contributed by atoms with Gasteiger partial charge in [-0.25, -0.2) is 4.79 Å². The highest BCUT2D eigenvalue weighted by molar-refractivity contribution is 5.78. The van der Waals surface area contributed by atoms with Crippen molar-refractivity contribution in [3.63, 3.8) is 0 Å². The number of carboxylic acid groups (broad SMARTS) is 1. The first kappa shape index (κ1) is 11.9. The Morgan fingerprint density at radius 2 is 2.00 bits per heavy atom. The molecule has 0 aromatic carbocycles. The minimum Gasteiger partial charge on any atom is -0.480 e. The number of carbonyl (C=O) groups is 2. The molecule has 0 saturated carbocycles. The molecule has 0 radical (unpaired) electrons. The highest BCUT2D eigenvalue weighted by atomic mass is 16.5. The van der Waals surface area contributed by atoms with Crippen molar-refractivity contribution < 1.29 is 24.2 Å². The molecular weight excluding hydrogens is 202 g/mol. The lowest BCUT2D eigenvalue weighted by Crippen LogP contribution is -2.40. The summed E-state index contributed by atoms with van der Waals surface area (Å²) in [6.45, 7) is 0.659. The van der Waals surface area contributed by atoms with Gasteiger partial charge in [-0.15, -0.1) is 0 Å². The second kappa shape index (κ2) is 6.36. The van der Waals surface area contributed by atoms with E-state index in [-0.39, 0.29) is 18.6 Å². The van der Waals surface area contributed by atoms with Gasteiger partial charge >= 0.3 is 5.97 Å². The van der Waals surface area contributed by atoms with Crippen LogP contribution in [0, 0.1) is 0 Å². The van der Waals surface area contributed by atoms with Crippen molar-refractivity contribution in [3.8, 4) is 0 Å². The van der Waals surface area contributed by atoms with E-state index in [4.69, 9.17) is 9.84 Å². The highest BCUT2D eigenvalue weighted by Gasteiger charge is 2.15. The number of carboxylic acids is 1. The lowest BCUT2D eigenvalue weighted by Gasteiger charge is -2.22. The van der Waals surface area contributed by atoms with Gasteiger partial charge in [0.1, 0.15) is 13.2 Å². The number of hydrogen-bond acceptors (Lipinski definition) is 4. The van der Waals surface area contributed by atoms with Gasteiger partial charge in [0.25, 0.3) is 0 Å². The van der Waals surface area contributed by atoms with E-state index in [0.717, 1.165) is 12.8 Å². The van der Waals surface area contributed by atoms with Gasteiger partial charge in [0.05, 0.1) is 0 Å². The predicted octanol–water partition coefficient (Wildman–Crippen LogP) is -0.617. The van der Waals surface area contributed by atoms with E-state index in [2.05, 4.69) is 10.1 Å². The Bertz CT molecular complexity index is 225. The summed E-state index contributed by atoms with van der Waals surface area (Å²) < 4.78 is 9.79. The van der Waals surface area contributed by atoms with E-state index in [1.807, 2.05) is 0 Å². The molecule has 0 unspecified atom stereocenters. The van der Waals surface area contributed by atoms with Crippen LogP contribution >= 0.6 is 0 Å². The quantitative estimate of drug-likeness (QED) is 0.641. The number of nitrogens with one attached hydrogen (secondary N) is 1. The summed E-state index contributed by atoms with van der Waals surface area (Å²) in [4.78, 5) is 21.3. The fourth-order valence-corrected chi connectivity index (χ4v) is 1.34. The Morgan fingerprint density at radius 1 is 1.33 bits per heavy atom. The Kier molecular flexibility index (Phi) is 5.06. The van der Waals surface area contributed by atoms with Crippen molar-refractivity contribution >= 4 is 11.9 Å². The van der Waals surface area contributed by atoms with Gasteiger partial charge in [0.15, 0.2) is 0 Å². The molecule has 1 rings (SSSR count). The van der Waals surface area contributed by atoms with Crippen molar-refractivity contribution in [1.29, 1.82) is 0 Å². The molecule has 1 saturated heterocycles. The second-order valence-corrected chi connectivity index (χ2v) is 3.34. The Hall–Kier alpha value is -1.14. The van der Waals surface area contributed by atoms with Crippen LogP contribution in [0.1, 0.15) is 12.8 Å². The molecular formula is C9H15NO5. The average molecular weight is 217 g/mol. The smallest absolute Gasteiger partial charge is 0.329 e. The number of rotatable bonds is 5. The molecule has 0 aliphatic carbocycles. The van der Waals surface area contributed by atoms with Gasteiger partial charge in [-0.2, -0.15) is 0 Å². The van der Waals surface area contributed by atoms with Crippen LogP contribution in [0.25, 0.3) is 0 Å². The lowest BCUT2D eigenvalue weighted by molar-refractivity contribution is -0.143.